The highest BCUT2D eigenvalue weighted by atomic mass is 79.9. The third-order valence-corrected chi connectivity index (χ3v) is 4.86. The van der Waals surface area contributed by atoms with Crippen molar-refractivity contribution in [2.75, 3.05) is 26.9 Å². The molecule has 0 unspecified atom stereocenters. The molecule has 27 heavy (non-hydrogen) atoms. The number of benzene rings is 1. The number of methoxy groups -OCH3 is 1. The van der Waals surface area contributed by atoms with Gasteiger partial charge in [0, 0.05) is 0 Å². The maximum absolute atomic E-state index is 12.4. The van der Waals surface area contributed by atoms with Gasteiger partial charge >= 0.3 is 5.97 Å². The van der Waals surface area contributed by atoms with Crippen LogP contribution in [0.2, 0.25) is 0 Å². The lowest BCUT2D eigenvalue weighted by Crippen LogP contribution is -2.34. The van der Waals surface area contributed by atoms with Gasteiger partial charge in [0.05, 0.1) is 23.1 Å². The Labute approximate surface area is 169 Å². The lowest BCUT2D eigenvalue weighted by Gasteiger charge is -2.14. The van der Waals surface area contributed by atoms with Gasteiger partial charge in [0.2, 0.25) is 0 Å². The van der Waals surface area contributed by atoms with Crippen molar-refractivity contribution in [2.45, 2.75) is 6.92 Å². The first-order chi connectivity index (χ1) is 12.9. The first-order valence-electron chi connectivity index (χ1n) is 7.93. The maximum atomic E-state index is 12.4. The van der Waals surface area contributed by atoms with Crippen LogP contribution in [-0.4, -0.2) is 48.9 Å². The molecule has 2 amide bonds. The van der Waals surface area contributed by atoms with Gasteiger partial charge in [0.15, 0.2) is 11.5 Å². The molecule has 9 heteroatoms. The third-order valence-electron chi connectivity index (χ3n) is 3.36. The quantitative estimate of drug-likeness (QED) is 0.336. The number of esters is 1. The van der Waals surface area contributed by atoms with E-state index in [-0.39, 0.29) is 4.91 Å². The van der Waals surface area contributed by atoms with E-state index in [1.807, 2.05) is 6.92 Å². The van der Waals surface area contributed by atoms with Crippen molar-refractivity contribution in [3.05, 3.63) is 39.7 Å². The molecular weight excluding hydrogens is 438 g/mol. The van der Waals surface area contributed by atoms with Gasteiger partial charge in [-0.1, -0.05) is 12.7 Å². The van der Waals surface area contributed by atoms with Crippen LogP contribution in [0.25, 0.3) is 6.08 Å². The summed E-state index contributed by atoms with van der Waals surface area (Å²) in [6.07, 6.45) is 3.18. The van der Waals surface area contributed by atoms with Gasteiger partial charge in [-0.25, -0.2) is 0 Å². The van der Waals surface area contributed by atoms with Crippen LogP contribution < -0.4 is 9.47 Å². The predicted octanol–water partition coefficient (Wildman–Crippen LogP) is 3.62. The Morgan fingerprint density at radius 3 is 2.70 bits per heavy atom. The zero-order chi connectivity index (χ0) is 20.0. The molecule has 1 aliphatic heterocycles. The zero-order valence-corrected chi connectivity index (χ0v) is 17.2. The highest BCUT2D eigenvalue weighted by Gasteiger charge is 2.36. The summed E-state index contributed by atoms with van der Waals surface area (Å²) in [5.74, 6) is -0.193. The minimum atomic E-state index is -0.663. The molecule has 1 saturated heterocycles. The molecule has 1 heterocycles. The van der Waals surface area contributed by atoms with E-state index < -0.39 is 23.7 Å². The Hall–Kier alpha value is -2.26. The van der Waals surface area contributed by atoms with Crippen molar-refractivity contribution in [1.29, 1.82) is 0 Å². The van der Waals surface area contributed by atoms with Crippen LogP contribution in [0.15, 0.2) is 34.2 Å². The van der Waals surface area contributed by atoms with Gasteiger partial charge in [0.1, 0.15) is 13.2 Å². The van der Waals surface area contributed by atoms with E-state index in [2.05, 4.69) is 27.2 Å². The Balaban J connectivity index is 2.32. The van der Waals surface area contributed by atoms with Crippen LogP contribution in [0.5, 0.6) is 11.5 Å². The van der Waals surface area contributed by atoms with Gasteiger partial charge in [-0.15, -0.1) is 0 Å². The second-order valence-corrected chi connectivity index (χ2v) is 7.05. The second-order valence-electron chi connectivity index (χ2n) is 5.21. The standard InChI is InChI=1S/C18H18BrNO6S/c1-4-6-26-16-12(19)7-11(8-13(16)25-5-2)9-14-17(22)20(18(23)27-14)10-15(21)24-3/h4,7-9H,1,5-6,10H2,2-3H3. The minimum absolute atomic E-state index is 0.206. The van der Waals surface area contributed by atoms with Crippen molar-refractivity contribution in [1.82, 2.24) is 4.90 Å². The normalized spacial score (nSPS) is 15.2. The van der Waals surface area contributed by atoms with E-state index in [0.29, 0.717) is 34.7 Å². The molecule has 0 radical (unpaired) electrons. The fourth-order valence-corrected chi connectivity index (χ4v) is 3.61. The topological polar surface area (TPSA) is 82.1 Å². The van der Waals surface area contributed by atoms with E-state index in [0.717, 1.165) is 16.7 Å². The Morgan fingerprint density at radius 2 is 2.07 bits per heavy atom. The molecule has 1 fully saturated rings. The van der Waals surface area contributed by atoms with E-state index in [1.165, 1.54) is 7.11 Å². The molecule has 0 aliphatic carbocycles. The Morgan fingerprint density at radius 1 is 1.33 bits per heavy atom. The van der Waals surface area contributed by atoms with Crippen LogP contribution >= 0.6 is 27.7 Å². The molecule has 1 aromatic carbocycles. The lowest BCUT2D eigenvalue weighted by molar-refractivity contribution is -0.143. The molecule has 144 valence electrons. The Kier molecular flexibility index (Phi) is 7.49. The van der Waals surface area contributed by atoms with Crippen molar-refractivity contribution in [3.8, 4) is 11.5 Å². The number of thioether (sulfide) groups is 1. The first kappa shape index (κ1) is 21.0. The van der Waals surface area contributed by atoms with Gasteiger partial charge in [-0.3, -0.25) is 19.3 Å². The molecule has 0 saturated carbocycles. The number of imide groups is 1. The molecule has 1 aromatic rings. The van der Waals surface area contributed by atoms with Crippen molar-refractivity contribution < 1.29 is 28.6 Å². The van der Waals surface area contributed by atoms with Crippen molar-refractivity contribution >= 4 is 50.9 Å². The van der Waals surface area contributed by atoms with Crippen LogP contribution in [0.3, 0.4) is 0 Å². The number of amides is 2. The largest absolute Gasteiger partial charge is 0.490 e. The number of ether oxygens (including phenoxy) is 3. The van der Waals surface area contributed by atoms with Crippen molar-refractivity contribution in [2.24, 2.45) is 0 Å². The molecule has 2 rings (SSSR count). The van der Waals surface area contributed by atoms with Gasteiger partial charge in [-0.2, -0.15) is 0 Å². The SMILES string of the molecule is C=CCOc1c(Br)cc(C=C2SC(=O)N(CC(=O)OC)C2=O)cc1OCC. The predicted molar refractivity (Wildman–Crippen MR) is 106 cm³/mol. The fourth-order valence-electron chi connectivity index (χ4n) is 2.20. The summed E-state index contributed by atoms with van der Waals surface area (Å²) < 4.78 is 16.4. The number of carbonyl (C=O) groups is 3. The lowest BCUT2D eigenvalue weighted by atomic mass is 10.2. The van der Waals surface area contributed by atoms with Gasteiger partial charge in [-0.05, 0) is 58.4 Å². The number of carbonyl (C=O) groups excluding carboxylic acids is 3. The van der Waals surface area contributed by atoms with E-state index >= 15 is 0 Å². The van der Waals surface area contributed by atoms with Crippen LogP contribution in [0, 0.1) is 0 Å². The molecule has 0 bridgehead atoms. The fraction of sp³-hybridized carbons (Fsp3) is 0.278. The van der Waals surface area contributed by atoms with Crippen molar-refractivity contribution in [3.63, 3.8) is 0 Å². The summed E-state index contributed by atoms with van der Waals surface area (Å²) in [6, 6.07) is 3.45. The molecule has 1 aliphatic rings. The zero-order valence-electron chi connectivity index (χ0n) is 14.8. The molecular formula is C18H18BrNO6S. The highest BCUT2D eigenvalue weighted by Crippen LogP contribution is 2.39. The minimum Gasteiger partial charge on any atom is -0.490 e. The van der Waals surface area contributed by atoms with E-state index in [9.17, 15) is 14.4 Å². The number of hydrogen-bond acceptors (Lipinski definition) is 7. The summed E-state index contributed by atoms with van der Waals surface area (Å²) in [5.41, 5.74) is 0.639. The average Bonchev–Trinajstić information content (AvgIpc) is 2.88. The molecule has 0 spiro atoms. The second kappa shape index (κ2) is 9.61. The van der Waals surface area contributed by atoms with Crippen LogP contribution in [-0.2, 0) is 14.3 Å². The summed E-state index contributed by atoms with van der Waals surface area (Å²) in [4.78, 5) is 36.8. The number of hydrogen-bond donors (Lipinski definition) is 0. The Bertz CT molecular complexity index is 807. The van der Waals surface area contributed by atoms with Crippen LogP contribution in [0.1, 0.15) is 12.5 Å². The molecule has 7 nitrogen and oxygen atoms in total. The summed E-state index contributed by atoms with van der Waals surface area (Å²) in [7, 11) is 1.19. The first-order valence-corrected chi connectivity index (χ1v) is 9.54. The molecule has 0 aromatic heterocycles. The summed E-state index contributed by atoms with van der Waals surface area (Å²) in [6.45, 7) is 5.78. The summed E-state index contributed by atoms with van der Waals surface area (Å²) in [5, 5.41) is -0.522. The van der Waals surface area contributed by atoms with E-state index in [4.69, 9.17) is 9.47 Å². The number of halogens is 1. The molecule has 0 atom stereocenters. The smallest absolute Gasteiger partial charge is 0.325 e. The van der Waals surface area contributed by atoms with Crippen LogP contribution in [0.4, 0.5) is 4.79 Å². The van der Waals surface area contributed by atoms with Gasteiger partial charge < -0.3 is 14.2 Å². The van der Waals surface area contributed by atoms with Gasteiger partial charge in [0.25, 0.3) is 11.1 Å². The number of rotatable bonds is 8. The van der Waals surface area contributed by atoms with E-state index in [1.54, 1.807) is 24.3 Å². The number of nitrogens with zero attached hydrogens (tertiary/aromatic N) is 1. The highest BCUT2D eigenvalue weighted by molar-refractivity contribution is 9.10. The summed E-state index contributed by atoms with van der Waals surface area (Å²) >= 11 is 4.19. The average molecular weight is 456 g/mol. The third kappa shape index (κ3) is 5.14. The molecule has 0 N–H and O–H groups in total. The monoisotopic (exact) mass is 455 g/mol. The maximum Gasteiger partial charge on any atom is 0.325 e.